The van der Waals surface area contributed by atoms with Gasteiger partial charge in [-0.05, 0) is 44.1 Å². The average Bonchev–Trinajstić information content (AvgIpc) is 3.25. The average molecular weight is 397 g/mol. The maximum absolute atomic E-state index is 13.3. The predicted molar refractivity (Wildman–Crippen MR) is 105 cm³/mol. The lowest BCUT2D eigenvalue weighted by atomic mass is 9.97. The van der Waals surface area contributed by atoms with Crippen LogP contribution in [0, 0.1) is 0 Å². The molecule has 0 amide bonds. The van der Waals surface area contributed by atoms with Gasteiger partial charge in [0, 0.05) is 22.8 Å². The Kier molecular flexibility index (Phi) is 5.50. The molecule has 4 nitrogen and oxygen atoms in total. The van der Waals surface area contributed by atoms with Gasteiger partial charge in [0.2, 0.25) is 0 Å². The summed E-state index contributed by atoms with van der Waals surface area (Å²) in [7, 11) is 0. The van der Waals surface area contributed by atoms with Crippen LogP contribution in [-0.2, 0) is 24.1 Å². The SMILES string of the molecule is O=c1c2c3c(sc2nc(SC/C=C/Cl)n1CC1CCCO1)CCCC3. The van der Waals surface area contributed by atoms with Crippen LogP contribution in [0.2, 0.25) is 0 Å². The molecule has 1 fully saturated rings. The monoisotopic (exact) mass is 396 g/mol. The highest BCUT2D eigenvalue weighted by Gasteiger charge is 2.24. The predicted octanol–water partition coefficient (Wildman–Crippen LogP) is 4.36. The summed E-state index contributed by atoms with van der Waals surface area (Å²) in [6.45, 7) is 1.39. The summed E-state index contributed by atoms with van der Waals surface area (Å²) in [5.74, 6) is 0.706. The molecule has 3 heterocycles. The molecule has 25 heavy (non-hydrogen) atoms. The van der Waals surface area contributed by atoms with E-state index in [1.807, 2.05) is 10.6 Å². The van der Waals surface area contributed by atoms with E-state index < -0.39 is 0 Å². The van der Waals surface area contributed by atoms with Gasteiger partial charge < -0.3 is 4.74 Å². The fraction of sp³-hybridized carbons (Fsp3) is 0.556. The molecule has 1 aliphatic carbocycles. The Labute approximate surface area is 160 Å². The molecular weight excluding hydrogens is 376 g/mol. The first-order chi connectivity index (χ1) is 12.3. The van der Waals surface area contributed by atoms with Gasteiger partial charge in [-0.25, -0.2) is 4.98 Å². The molecular formula is C18H21ClN2O2S2. The summed E-state index contributed by atoms with van der Waals surface area (Å²) in [6.07, 6.45) is 8.55. The molecule has 0 bridgehead atoms. The highest BCUT2D eigenvalue weighted by Crippen LogP contribution is 2.35. The highest BCUT2D eigenvalue weighted by atomic mass is 35.5. The van der Waals surface area contributed by atoms with E-state index in [0.29, 0.717) is 12.3 Å². The van der Waals surface area contributed by atoms with E-state index in [4.69, 9.17) is 21.3 Å². The second-order valence-electron chi connectivity index (χ2n) is 6.51. The van der Waals surface area contributed by atoms with Crippen LogP contribution in [0.15, 0.2) is 21.6 Å². The molecule has 2 aliphatic rings. The lowest BCUT2D eigenvalue weighted by Crippen LogP contribution is -2.29. The van der Waals surface area contributed by atoms with E-state index in [0.717, 1.165) is 47.7 Å². The summed E-state index contributed by atoms with van der Waals surface area (Å²) >= 11 is 8.91. The van der Waals surface area contributed by atoms with Crippen LogP contribution >= 0.6 is 34.7 Å². The third-order valence-corrected chi connectivity index (χ3v) is 7.14. The molecule has 0 radical (unpaired) electrons. The Bertz CT molecular complexity index is 853. The number of aryl methyl sites for hydroxylation is 2. The molecule has 2 aromatic rings. The first-order valence-electron chi connectivity index (χ1n) is 8.82. The maximum atomic E-state index is 13.3. The first-order valence-corrected chi connectivity index (χ1v) is 11.1. The molecule has 2 aromatic heterocycles. The van der Waals surface area contributed by atoms with Gasteiger partial charge in [0.1, 0.15) is 4.83 Å². The molecule has 1 atom stereocenters. The number of nitrogens with zero attached hydrogens (tertiary/aromatic N) is 2. The number of aromatic nitrogens is 2. The number of ether oxygens (including phenoxy) is 1. The standard InChI is InChI=1S/C18H21ClN2O2S2/c19-8-4-10-24-18-20-16-15(13-6-1-2-7-14(13)25-16)17(22)21(18)11-12-5-3-9-23-12/h4,8,12H,1-3,5-7,9-11H2/b8-4+. The Balaban J connectivity index is 1.80. The minimum absolute atomic E-state index is 0.109. The lowest BCUT2D eigenvalue weighted by molar-refractivity contribution is 0.0937. The third-order valence-electron chi connectivity index (χ3n) is 4.85. The Morgan fingerprint density at radius 3 is 3.04 bits per heavy atom. The van der Waals surface area contributed by atoms with Gasteiger partial charge in [0.05, 0.1) is 18.0 Å². The van der Waals surface area contributed by atoms with Crippen molar-refractivity contribution in [3.63, 3.8) is 0 Å². The van der Waals surface area contributed by atoms with Crippen LogP contribution in [0.3, 0.4) is 0 Å². The van der Waals surface area contributed by atoms with Gasteiger partial charge in [-0.2, -0.15) is 0 Å². The minimum Gasteiger partial charge on any atom is -0.376 e. The highest BCUT2D eigenvalue weighted by molar-refractivity contribution is 7.99. The van der Waals surface area contributed by atoms with Crippen LogP contribution in [0.5, 0.6) is 0 Å². The van der Waals surface area contributed by atoms with E-state index in [-0.39, 0.29) is 11.7 Å². The molecule has 0 saturated carbocycles. The number of thioether (sulfide) groups is 1. The molecule has 4 rings (SSSR count). The largest absolute Gasteiger partial charge is 0.376 e. The van der Waals surface area contributed by atoms with E-state index >= 15 is 0 Å². The van der Waals surface area contributed by atoms with Crippen LogP contribution in [0.1, 0.15) is 36.1 Å². The Hall–Kier alpha value is -0.820. The zero-order chi connectivity index (χ0) is 17.2. The normalized spacial score (nSPS) is 20.6. The smallest absolute Gasteiger partial charge is 0.263 e. The summed E-state index contributed by atoms with van der Waals surface area (Å²) in [5.41, 5.74) is 2.87. The van der Waals surface area contributed by atoms with Crippen molar-refractivity contribution in [3.05, 3.63) is 32.4 Å². The number of hydrogen-bond acceptors (Lipinski definition) is 5. The number of hydrogen-bond donors (Lipinski definition) is 0. The maximum Gasteiger partial charge on any atom is 0.263 e. The summed E-state index contributed by atoms with van der Waals surface area (Å²) < 4.78 is 7.61. The summed E-state index contributed by atoms with van der Waals surface area (Å²) in [5, 5.41) is 1.64. The number of rotatable bonds is 5. The Morgan fingerprint density at radius 1 is 1.36 bits per heavy atom. The number of fused-ring (bicyclic) bond motifs is 3. The van der Waals surface area contributed by atoms with E-state index in [1.54, 1.807) is 23.1 Å². The topological polar surface area (TPSA) is 44.1 Å². The molecule has 7 heteroatoms. The zero-order valence-corrected chi connectivity index (χ0v) is 16.4. The van der Waals surface area contributed by atoms with Gasteiger partial charge in [0.25, 0.3) is 5.56 Å². The van der Waals surface area contributed by atoms with Crippen molar-refractivity contribution in [1.82, 2.24) is 9.55 Å². The van der Waals surface area contributed by atoms with Crippen molar-refractivity contribution in [2.45, 2.75) is 56.3 Å². The van der Waals surface area contributed by atoms with Crippen LogP contribution < -0.4 is 5.56 Å². The van der Waals surface area contributed by atoms with Crippen LogP contribution in [0.4, 0.5) is 0 Å². The second-order valence-corrected chi connectivity index (χ2v) is 8.83. The van der Waals surface area contributed by atoms with Crippen LogP contribution in [0.25, 0.3) is 10.2 Å². The minimum atomic E-state index is 0.109. The molecule has 0 aromatic carbocycles. The molecule has 1 aliphatic heterocycles. The van der Waals surface area contributed by atoms with Crippen molar-refractivity contribution in [1.29, 1.82) is 0 Å². The Morgan fingerprint density at radius 2 is 2.24 bits per heavy atom. The summed E-state index contributed by atoms with van der Waals surface area (Å²) in [6, 6.07) is 0. The molecule has 1 saturated heterocycles. The fourth-order valence-electron chi connectivity index (χ4n) is 3.64. The summed E-state index contributed by atoms with van der Waals surface area (Å²) in [4.78, 5) is 20.4. The van der Waals surface area contributed by atoms with Crippen LogP contribution in [-0.4, -0.2) is 28.0 Å². The van der Waals surface area contributed by atoms with Crippen molar-refractivity contribution in [2.75, 3.05) is 12.4 Å². The zero-order valence-electron chi connectivity index (χ0n) is 14.0. The van der Waals surface area contributed by atoms with E-state index in [9.17, 15) is 4.79 Å². The van der Waals surface area contributed by atoms with Crippen molar-refractivity contribution in [2.24, 2.45) is 0 Å². The van der Waals surface area contributed by atoms with Gasteiger partial charge >= 0.3 is 0 Å². The van der Waals surface area contributed by atoms with Gasteiger partial charge in [-0.15, -0.1) is 11.3 Å². The molecule has 134 valence electrons. The number of halogens is 1. The van der Waals surface area contributed by atoms with Gasteiger partial charge in [-0.1, -0.05) is 29.4 Å². The van der Waals surface area contributed by atoms with E-state index in [2.05, 4.69) is 0 Å². The molecule has 1 unspecified atom stereocenters. The molecule has 0 N–H and O–H groups in total. The first kappa shape index (κ1) is 17.6. The fourth-order valence-corrected chi connectivity index (χ4v) is 5.96. The number of thiophene rings is 1. The van der Waals surface area contributed by atoms with Crippen molar-refractivity contribution < 1.29 is 4.74 Å². The van der Waals surface area contributed by atoms with E-state index in [1.165, 1.54) is 28.8 Å². The van der Waals surface area contributed by atoms with Crippen molar-refractivity contribution >= 4 is 44.9 Å². The lowest BCUT2D eigenvalue weighted by Gasteiger charge is -2.16. The van der Waals surface area contributed by atoms with Gasteiger partial charge in [-0.3, -0.25) is 9.36 Å². The van der Waals surface area contributed by atoms with Gasteiger partial charge in [0.15, 0.2) is 5.16 Å². The second kappa shape index (κ2) is 7.82. The quantitative estimate of drug-likeness (QED) is 0.556. The third kappa shape index (κ3) is 3.54. The van der Waals surface area contributed by atoms with Crippen molar-refractivity contribution in [3.8, 4) is 0 Å². The molecule has 0 spiro atoms.